The number of halogens is 4. The van der Waals surface area contributed by atoms with Crippen LogP contribution < -0.4 is 30.0 Å². The number of nitrogens with one attached hydrogen (secondary N) is 1. The molecule has 6 rings (SSSR count). The van der Waals surface area contributed by atoms with Crippen LogP contribution >= 0.6 is 0 Å². The minimum Gasteiger partial charge on any atom is -0.493 e. The lowest BCUT2D eigenvalue weighted by Crippen LogP contribution is -2.44. The van der Waals surface area contributed by atoms with Crippen molar-refractivity contribution >= 4 is 22.5 Å². The van der Waals surface area contributed by atoms with Crippen LogP contribution in [0.2, 0.25) is 0 Å². The minimum absolute atomic E-state index is 0.00618. The van der Waals surface area contributed by atoms with Crippen molar-refractivity contribution in [2.45, 2.75) is 12.8 Å². The number of carbonyl (C=O) groups excluding carboxylic acids is 1. The first-order chi connectivity index (χ1) is 24.9. The Balaban J connectivity index is 1.14. The molecule has 1 saturated heterocycles. The number of fused-ring (bicyclic) bond motifs is 1. The number of piperazine rings is 1. The Kier molecular flexibility index (Phi) is 10.6. The summed E-state index contributed by atoms with van der Waals surface area (Å²) in [5.74, 6) is -1.80. The maximum Gasteiger partial charge on any atom is 0.573 e. The number of amides is 1. The number of nitrogens with zero attached hydrogens (tertiary/aromatic N) is 6. The van der Waals surface area contributed by atoms with Crippen LogP contribution in [0, 0.1) is 5.82 Å². The lowest BCUT2D eigenvalue weighted by molar-refractivity contribution is -0.274. The fourth-order valence-electron chi connectivity index (χ4n) is 5.63. The summed E-state index contributed by atoms with van der Waals surface area (Å²) < 4.78 is 77.2. The zero-order valence-electron chi connectivity index (χ0n) is 28.4. The molecule has 1 aliphatic heterocycles. The molecule has 274 valence electrons. The Morgan fingerprint density at radius 3 is 2.42 bits per heavy atom. The highest BCUT2D eigenvalue weighted by atomic mass is 19.4. The second kappa shape index (κ2) is 15.3. The molecule has 0 unspecified atom stereocenters. The molecule has 3 heterocycles. The van der Waals surface area contributed by atoms with Crippen molar-refractivity contribution in [3.8, 4) is 34.4 Å². The summed E-state index contributed by atoms with van der Waals surface area (Å²) in [6.45, 7) is 5.56. The van der Waals surface area contributed by atoms with Gasteiger partial charge in [-0.1, -0.05) is 12.1 Å². The van der Waals surface area contributed by atoms with E-state index in [1.807, 2.05) is 0 Å². The minimum atomic E-state index is -5.03. The first-order valence-corrected chi connectivity index (χ1v) is 16.2. The molecule has 0 atom stereocenters. The van der Waals surface area contributed by atoms with Gasteiger partial charge in [0.05, 0.1) is 19.2 Å². The van der Waals surface area contributed by atoms with E-state index in [1.165, 1.54) is 50.7 Å². The Labute approximate surface area is 294 Å². The SMILES string of the molecule is COc1cc2c(Oc3ccc(NC(=O)c4nn(-c5ccccc5OC(F)(F)F)c(=O)n4C)cc3F)ccnc2cc1OCCCN1CCN(C)CC1. The van der Waals surface area contributed by atoms with Gasteiger partial charge in [0.25, 0.3) is 5.91 Å². The van der Waals surface area contributed by atoms with E-state index in [9.17, 15) is 22.8 Å². The molecule has 0 saturated carbocycles. The third-order valence-corrected chi connectivity index (χ3v) is 8.37. The Hall–Kier alpha value is -5.68. The molecule has 1 N–H and O–H groups in total. The van der Waals surface area contributed by atoms with Gasteiger partial charge < -0.3 is 34.1 Å². The largest absolute Gasteiger partial charge is 0.573 e. The fraction of sp³-hybridized carbons (Fsp3) is 0.314. The molecule has 52 heavy (non-hydrogen) atoms. The van der Waals surface area contributed by atoms with Gasteiger partial charge in [0.15, 0.2) is 28.8 Å². The van der Waals surface area contributed by atoms with Gasteiger partial charge in [0, 0.05) is 69.2 Å². The summed E-state index contributed by atoms with van der Waals surface area (Å²) >= 11 is 0. The van der Waals surface area contributed by atoms with Crippen LogP contribution in [0.1, 0.15) is 17.0 Å². The first kappa shape index (κ1) is 36.1. The van der Waals surface area contributed by atoms with Gasteiger partial charge in [0.1, 0.15) is 11.4 Å². The van der Waals surface area contributed by atoms with E-state index < -0.39 is 35.4 Å². The topological polar surface area (TPSA) is 125 Å². The number of hydrogen-bond donors (Lipinski definition) is 1. The standard InChI is InChI=1S/C35H35F4N7O6/c1-43-14-16-45(17-15-43)13-6-18-50-31-21-25-23(20-30(31)49-3)27(11-12-40-25)51-28-10-9-22(19-24(28)36)41-33(47)32-42-46(34(48)44(32)2)26-7-4-5-8-29(26)52-35(37,38)39/h4-5,7-12,19-21H,6,13-18H2,1-3H3,(H,41,47). The highest BCUT2D eigenvalue weighted by Gasteiger charge is 2.33. The summed E-state index contributed by atoms with van der Waals surface area (Å²) in [6.07, 6.45) is -2.67. The molecule has 13 nitrogen and oxygen atoms in total. The number of likely N-dealkylation sites (N-methyl/N-ethyl adjacent to an activating group) is 1. The van der Waals surface area contributed by atoms with Crippen LogP contribution in [0.15, 0.2) is 71.7 Å². The zero-order valence-corrected chi connectivity index (χ0v) is 28.4. The van der Waals surface area contributed by atoms with Crippen LogP contribution in [-0.4, -0.2) is 94.9 Å². The van der Waals surface area contributed by atoms with E-state index in [4.69, 9.17) is 14.2 Å². The molecule has 0 radical (unpaired) electrons. The number of benzene rings is 3. The van der Waals surface area contributed by atoms with Crippen molar-refractivity contribution in [3.63, 3.8) is 0 Å². The second-order valence-corrected chi connectivity index (χ2v) is 12.0. The Morgan fingerprint density at radius 1 is 0.923 bits per heavy atom. The average Bonchev–Trinajstić information content (AvgIpc) is 3.41. The lowest BCUT2D eigenvalue weighted by atomic mass is 10.1. The third kappa shape index (κ3) is 8.26. The fourth-order valence-corrected chi connectivity index (χ4v) is 5.63. The second-order valence-electron chi connectivity index (χ2n) is 12.0. The van der Waals surface area contributed by atoms with Gasteiger partial charge in [-0.25, -0.2) is 9.18 Å². The molecule has 1 fully saturated rings. The number of ether oxygens (including phenoxy) is 4. The zero-order chi connectivity index (χ0) is 37.0. The number of carbonyl (C=O) groups is 1. The van der Waals surface area contributed by atoms with E-state index in [1.54, 1.807) is 18.2 Å². The molecule has 5 aromatic rings. The van der Waals surface area contributed by atoms with Gasteiger partial charge in [-0.3, -0.25) is 14.3 Å². The quantitative estimate of drug-likeness (QED) is 0.135. The van der Waals surface area contributed by atoms with Crippen LogP contribution in [-0.2, 0) is 7.05 Å². The molecule has 17 heteroatoms. The molecular weight excluding hydrogens is 690 g/mol. The Bertz CT molecular complexity index is 2130. The predicted molar refractivity (Wildman–Crippen MR) is 182 cm³/mol. The van der Waals surface area contributed by atoms with Crippen molar-refractivity contribution in [1.29, 1.82) is 0 Å². The van der Waals surface area contributed by atoms with Crippen molar-refractivity contribution < 1.29 is 41.3 Å². The predicted octanol–water partition coefficient (Wildman–Crippen LogP) is 5.23. The summed E-state index contributed by atoms with van der Waals surface area (Å²) in [4.78, 5) is 35.1. The van der Waals surface area contributed by atoms with E-state index >= 15 is 4.39 Å². The number of alkyl halides is 3. The first-order valence-electron chi connectivity index (χ1n) is 16.2. The van der Waals surface area contributed by atoms with E-state index in [0.29, 0.717) is 33.7 Å². The number of aromatic nitrogens is 4. The van der Waals surface area contributed by atoms with Crippen LogP contribution in [0.3, 0.4) is 0 Å². The van der Waals surface area contributed by atoms with Crippen molar-refractivity contribution in [1.82, 2.24) is 29.1 Å². The number of para-hydroxylation sites is 2. The monoisotopic (exact) mass is 725 g/mol. The molecule has 0 aliphatic carbocycles. The normalized spacial score (nSPS) is 14.0. The summed E-state index contributed by atoms with van der Waals surface area (Å²) in [6, 6.07) is 13.5. The number of rotatable bonds is 12. The highest BCUT2D eigenvalue weighted by Crippen LogP contribution is 2.38. The number of anilines is 1. The maximum atomic E-state index is 15.4. The number of pyridine rings is 1. The van der Waals surface area contributed by atoms with Crippen LogP contribution in [0.4, 0.5) is 23.2 Å². The number of methoxy groups -OCH3 is 1. The molecule has 3 aromatic carbocycles. The molecule has 2 aromatic heterocycles. The van der Waals surface area contributed by atoms with Crippen LogP contribution in [0.5, 0.6) is 28.7 Å². The molecule has 1 aliphatic rings. The van der Waals surface area contributed by atoms with E-state index in [2.05, 4.69) is 37.0 Å². The summed E-state index contributed by atoms with van der Waals surface area (Å²) in [5.41, 5.74) is -0.726. The van der Waals surface area contributed by atoms with Gasteiger partial charge in [-0.15, -0.1) is 18.3 Å². The highest BCUT2D eigenvalue weighted by molar-refractivity contribution is 6.01. The molecular formula is C35H35F4N7O6. The summed E-state index contributed by atoms with van der Waals surface area (Å²) in [7, 11) is 4.85. The molecule has 0 bridgehead atoms. The Morgan fingerprint density at radius 2 is 1.69 bits per heavy atom. The van der Waals surface area contributed by atoms with Gasteiger partial charge >= 0.3 is 12.1 Å². The third-order valence-electron chi connectivity index (χ3n) is 8.37. The maximum absolute atomic E-state index is 15.4. The molecule has 0 spiro atoms. The van der Waals surface area contributed by atoms with Gasteiger partial charge in [-0.05, 0) is 49.9 Å². The lowest BCUT2D eigenvalue weighted by Gasteiger charge is -2.32. The molecule has 1 amide bonds. The van der Waals surface area contributed by atoms with Gasteiger partial charge in [0.2, 0.25) is 5.82 Å². The van der Waals surface area contributed by atoms with Crippen LogP contribution in [0.25, 0.3) is 16.6 Å². The van der Waals surface area contributed by atoms with Crippen molar-refractivity contribution in [2.24, 2.45) is 7.05 Å². The average molecular weight is 726 g/mol. The van der Waals surface area contributed by atoms with Gasteiger partial charge in [-0.2, -0.15) is 4.68 Å². The smallest absolute Gasteiger partial charge is 0.493 e. The van der Waals surface area contributed by atoms with Crippen molar-refractivity contribution in [2.75, 3.05) is 58.8 Å². The van der Waals surface area contributed by atoms with E-state index in [-0.39, 0.29) is 22.9 Å². The van der Waals surface area contributed by atoms with Crippen molar-refractivity contribution in [3.05, 3.63) is 89.0 Å². The van der Waals surface area contributed by atoms with E-state index in [0.717, 1.165) is 55.8 Å². The number of hydrogen-bond acceptors (Lipinski definition) is 10. The summed E-state index contributed by atoms with van der Waals surface area (Å²) in [5, 5.41) is 6.90.